The van der Waals surface area contributed by atoms with E-state index in [0.717, 1.165) is 31.5 Å². The van der Waals surface area contributed by atoms with E-state index in [2.05, 4.69) is 16.0 Å². The standard InChI is InChI=1S/C76H114F10N12O13/c1-11-43(3)62-71(108)92(6)41-60(101)93(7)52-21-14-13-17-33-97(70(52)107)55(38-45-24-27-48(28-25-45)75(81,82)83)69(106)91(5)40-58(99)87-51(29-26-46-35-49(77)61(50(78)36-46)76(84,85)86)67(104)98-34-30-56(111-42-57(79)80)64(98)66(103)89-74(31-18-32-74)73(110)96(10)63(47-19-15-16-20-47)72(109)95(9)54(68(105)90(4)12-2)39-59(100)94(8)53(65(102)88-62)37-44-22-23-44/h13-14,43-57,61-64H,11-12,15-42H2,1-10H3,(H,87,99)(H,88,102)(H,89,103)/b14-13-/t43-,45?,46?,48?,49?,50?,51-,52-,53-,54-,55-,56-,61?,62-,63-,64-/m0/s1. The molecule has 7 fully saturated rings. The van der Waals surface area contributed by atoms with Crippen LogP contribution >= 0.6 is 0 Å². The lowest BCUT2D eigenvalue weighted by Gasteiger charge is -2.47. The Balaban J connectivity index is 1.22. The molecule has 0 aromatic carbocycles. The predicted octanol–water partition coefficient (Wildman–Crippen LogP) is 6.74. The number of carbonyl (C=O) groups is 12. The fourth-order valence-corrected chi connectivity index (χ4v) is 17.4. The Morgan fingerprint density at radius 2 is 1.23 bits per heavy atom. The molecular weight excluding hydrogens is 1480 g/mol. The summed E-state index contributed by atoms with van der Waals surface area (Å²) in [4.78, 5) is 192. The first-order valence-electron chi connectivity index (χ1n) is 39.4. The van der Waals surface area contributed by atoms with Crippen molar-refractivity contribution in [3.63, 3.8) is 0 Å². The third kappa shape index (κ3) is 21.7. The smallest absolute Gasteiger partial charge is 0.370 e. The average Bonchev–Trinajstić information content (AvgIpc) is 1.75. The van der Waals surface area contributed by atoms with Crippen molar-refractivity contribution in [2.75, 3.05) is 88.7 Å². The molecule has 35 heteroatoms. The van der Waals surface area contributed by atoms with Crippen LogP contribution in [0.25, 0.3) is 0 Å². The molecule has 5 aliphatic carbocycles. The van der Waals surface area contributed by atoms with Crippen molar-refractivity contribution in [1.29, 1.82) is 0 Å². The van der Waals surface area contributed by atoms with Crippen LogP contribution in [-0.4, -0.2) is 295 Å². The van der Waals surface area contributed by atoms with Crippen LogP contribution in [0.15, 0.2) is 12.2 Å². The van der Waals surface area contributed by atoms with Crippen LogP contribution in [0.1, 0.15) is 175 Å². The SMILES string of the molecule is CC[C@H](C)[C@@H]1NC(=O)[C@H](CC2CC2)N(C)C(=O)C[C@@H](C(=O)N(C)CC)N(C)C(=O)[C@H](C2CCCC2)N(C)C(=O)C2(CCC2)NC(=O)[C@@H]2[C@@H](OCC(F)F)CCN2C(=O)[C@H](CCC2CC(F)C(C(F)(F)F)C(F)C2)NC(=O)CN(C)C(=O)[C@H](CC2CCC(C(F)(F)F)CC2)N2CC/C=C\C[C@@H](C2=O)N(C)C(=O)CN(C)C1=O. The number of alkyl halides is 10. The number of hydrogen-bond donors (Lipinski definition) is 3. The molecule has 12 amide bonds. The second kappa shape index (κ2) is 38.2. The third-order valence-electron chi connectivity index (χ3n) is 25.0. The predicted molar refractivity (Wildman–Crippen MR) is 384 cm³/mol. The zero-order chi connectivity index (χ0) is 82.0. The van der Waals surface area contributed by atoms with Crippen molar-refractivity contribution in [2.24, 2.45) is 41.4 Å². The van der Waals surface area contributed by atoms with Gasteiger partial charge in [-0.2, -0.15) is 26.3 Å². The van der Waals surface area contributed by atoms with Crippen LogP contribution in [0.4, 0.5) is 43.9 Å². The summed E-state index contributed by atoms with van der Waals surface area (Å²) in [6.07, 6.45) is -17.1. The number of fused-ring (bicyclic) bond motifs is 3. The van der Waals surface area contributed by atoms with Gasteiger partial charge in [0.05, 0.1) is 31.5 Å². The minimum Gasteiger partial charge on any atom is -0.370 e. The summed E-state index contributed by atoms with van der Waals surface area (Å²) in [7, 11) is 9.28. The zero-order valence-corrected chi connectivity index (χ0v) is 65.4. The molecule has 25 nitrogen and oxygen atoms in total. The molecule has 2 saturated heterocycles. The van der Waals surface area contributed by atoms with Crippen LogP contribution in [0.3, 0.4) is 0 Å². The Morgan fingerprint density at radius 3 is 1.78 bits per heavy atom. The van der Waals surface area contributed by atoms with Crippen LogP contribution in [0, 0.1) is 41.4 Å². The number of amides is 12. The highest BCUT2D eigenvalue weighted by molar-refractivity contribution is 6.01. The summed E-state index contributed by atoms with van der Waals surface area (Å²) < 4.78 is 149. The number of ether oxygens (including phenoxy) is 1. The summed E-state index contributed by atoms with van der Waals surface area (Å²) in [6.45, 7) is 1.70. The van der Waals surface area contributed by atoms with Gasteiger partial charge in [-0.3, -0.25) is 57.5 Å². The molecule has 1 spiro atoms. The molecule has 0 aromatic heterocycles. The number of hydrogen-bond acceptors (Lipinski definition) is 13. The minimum atomic E-state index is -5.27. The van der Waals surface area contributed by atoms with Crippen LogP contribution < -0.4 is 16.0 Å². The number of nitrogens with one attached hydrogen (secondary N) is 3. The lowest BCUT2D eigenvalue weighted by atomic mass is 9.74. The van der Waals surface area contributed by atoms with Crippen LogP contribution in [0.5, 0.6) is 0 Å². The summed E-state index contributed by atoms with van der Waals surface area (Å²) in [5, 5.41) is 8.18. The van der Waals surface area contributed by atoms with Crippen molar-refractivity contribution in [3.05, 3.63) is 12.2 Å². The lowest BCUT2D eigenvalue weighted by Crippen LogP contribution is -2.69. The highest BCUT2D eigenvalue weighted by Gasteiger charge is 2.57. The van der Waals surface area contributed by atoms with Gasteiger partial charge in [0, 0.05) is 69.0 Å². The van der Waals surface area contributed by atoms with Gasteiger partial charge in [-0.1, -0.05) is 58.1 Å². The number of nitrogens with zero attached hydrogens (tertiary/aromatic N) is 9. The maximum absolute atomic E-state index is 15.6. The van der Waals surface area contributed by atoms with Crippen molar-refractivity contribution in [2.45, 2.75) is 266 Å². The largest absolute Gasteiger partial charge is 0.397 e. The summed E-state index contributed by atoms with van der Waals surface area (Å²) >= 11 is 0. The summed E-state index contributed by atoms with van der Waals surface area (Å²) in [5.41, 5.74) is -1.86. The van der Waals surface area contributed by atoms with Gasteiger partial charge in [0.25, 0.3) is 6.43 Å². The average molecular weight is 1590 g/mol. The summed E-state index contributed by atoms with van der Waals surface area (Å²) in [6, 6.07) is -12.2. The Labute approximate surface area is 643 Å². The Bertz CT molecular complexity index is 3340. The molecule has 12 atom stereocenters. The molecule has 0 aromatic rings. The van der Waals surface area contributed by atoms with E-state index in [0.29, 0.717) is 51.4 Å². The normalized spacial score (nSPS) is 32.1. The van der Waals surface area contributed by atoms with Gasteiger partial charge in [0.1, 0.15) is 78.7 Å². The Kier molecular flexibility index (Phi) is 30.7. The maximum atomic E-state index is 15.6. The third-order valence-corrected chi connectivity index (χ3v) is 25.0. The van der Waals surface area contributed by atoms with E-state index < -0.39 is 256 Å². The molecule has 111 heavy (non-hydrogen) atoms. The molecule has 8 aliphatic rings. The van der Waals surface area contributed by atoms with Crippen molar-refractivity contribution >= 4 is 70.9 Å². The van der Waals surface area contributed by atoms with E-state index in [1.54, 1.807) is 32.9 Å². The quantitative estimate of drug-likeness (QED) is 0.113. The number of halogens is 10. The summed E-state index contributed by atoms with van der Waals surface area (Å²) in [5.74, 6) is -18.0. The first kappa shape index (κ1) is 89.2. The molecule has 3 N–H and O–H groups in total. The molecule has 8 rings (SSSR count). The van der Waals surface area contributed by atoms with Crippen LogP contribution in [0.2, 0.25) is 0 Å². The molecule has 3 aliphatic heterocycles. The van der Waals surface area contributed by atoms with E-state index >= 15 is 42.3 Å². The topological polar surface area (TPSA) is 279 Å². The Morgan fingerprint density at radius 1 is 0.622 bits per heavy atom. The minimum absolute atomic E-state index is 0.0237. The molecular formula is C76H114F10N12O13. The highest BCUT2D eigenvalue weighted by Crippen LogP contribution is 2.46. The molecule has 0 radical (unpaired) electrons. The van der Waals surface area contributed by atoms with Gasteiger partial charge in [0.2, 0.25) is 70.9 Å². The Hall–Kier alpha value is -7.36. The maximum Gasteiger partial charge on any atom is 0.397 e. The highest BCUT2D eigenvalue weighted by atomic mass is 19.4. The van der Waals surface area contributed by atoms with E-state index in [1.807, 2.05) is 0 Å². The van der Waals surface area contributed by atoms with Crippen molar-refractivity contribution in [3.8, 4) is 0 Å². The fourth-order valence-electron chi connectivity index (χ4n) is 17.4. The van der Waals surface area contributed by atoms with Gasteiger partial charge in [-0.05, 0) is 152 Å². The number of rotatable bonds is 15. The fraction of sp³-hybridized carbons (Fsp3) is 0.816. The van der Waals surface area contributed by atoms with E-state index in [-0.39, 0.29) is 89.6 Å². The first-order chi connectivity index (χ1) is 52.1. The van der Waals surface area contributed by atoms with Gasteiger partial charge in [0.15, 0.2) is 0 Å². The monoisotopic (exact) mass is 1590 g/mol. The second-order valence-electron chi connectivity index (χ2n) is 32.5. The molecule has 5 saturated carbocycles. The van der Waals surface area contributed by atoms with Gasteiger partial charge >= 0.3 is 12.4 Å². The first-order valence-corrected chi connectivity index (χ1v) is 39.4. The molecule has 3 heterocycles. The zero-order valence-electron chi connectivity index (χ0n) is 65.4. The van der Waals surface area contributed by atoms with Gasteiger partial charge < -0.3 is 64.8 Å². The van der Waals surface area contributed by atoms with Gasteiger partial charge in [-0.25, -0.2) is 17.6 Å². The van der Waals surface area contributed by atoms with E-state index in [9.17, 15) is 59.1 Å². The number of carbonyl (C=O) groups excluding carboxylic acids is 12. The van der Waals surface area contributed by atoms with E-state index in [1.165, 1.54) is 61.9 Å². The van der Waals surface area contributed by atoms with E-state index in [4.69, 9.17) is 4.74 Å². The van der Waals surface area contributed by atoms with Crippen molar-refractivity contribution < 1.29 is 106 Å². The lowest BCUT2D eigenvalue weighted by molar-refractivity contribution is -0.219. The van der Waals surface area contributed by atoms with Crippen molar-refractivity contribution in [1.82, 2.24) is 60.0 Å². The molecule has 626 valence electrons. The molecule has 2 unspecified atom stereocenters. The molecule has 2 bridgehead atoms. The van der Waals surface area contributed by atoms with Crippen LogP contribution in [-0.2, 0) is 62.3 Å². The number of likely N-dealkylation sites (N-methyl/N-ethyl adjacent to an activating group) is 7. The second-order valence-corrected chi connectivity index (χ2v) is 32.5. The van der Waals surface area contributed by atoms with Gasteiger partial charge in [-0.15, -0.1) is 0 Å².